The lowest BCUT2D eigenvalue weighted by Gasteiger charge is -2.10. The van der Waals surface area contributed by atoms with Crippen LogP contribution in [-0.2, 0) is 17.9 Å². The largest absolute Gasteiger partial charge is 0.349 e. The molecule has 0 aliphatic carbocycles. The van der Waals surface area contributed by atoms with Crippen LogP contribution in [0, 0.1) is 5.92 Å². The molecule has 1 aromatic heterocycles. The summed E-state index contributed by atoms with van der Waals surface area (Å²) >= 11 is 5.87. The molecular formula is C15H18ClN3O. The second-order valence-electron chi connectivity index (χ2n) is 4.97. The molecule has 1 heterocycles. The molecule has 0 aliphatic heterocycles. The number of hydrogen-bond acceptors (Lipinski definition) is 2. The number of halogens is 1. The van der Waals surface area contributed by atoms with E-state index in [0.717, 1.165) is 16.4 Å². The fourth-order valence-electron chi connectivity index (χ4n) is 1.81. The Labute approximate surface area is 123 Å². The molecule has 1 aromatic carbocycles. The lowest BCUT2D eigenvalue weighted by molar-refractivity contribution is -0.124. The second kappa shape index (κ2) is 6.57. The zero-order chi connectivity index (χ0) is 14.5. The Morgan fingerprint density at radius 3 is 2.70 bits per heavy atom. The van der Waals surface area contributed by atoms with Crippen molar-refractivity contribution in [1.82, 2.24) is 14.9 Å². The molecule has 0 fully saturated rings. The minimum Gasteiger partial charge on any atom is -0.349 e. The Bertz CT molecular complexity index is 575. The highest BCUT2D eigenvalue weighted by Gasteiger charge is 2.09. The van der Waals surface area contributed by atoms with Gasteiger partial charge in [-0.1, -0.05) is 37.6 Å². The van der Waals surface area contributed by atoms with Crippen LogP contribution in [0.5, 0.6) is 0 Å². The fraction of sp³-hybridized carbons (Fsp3) is 0.333. The third-order valence-corrected chi connectivity index (χ3v) is 3.26. The maximum Gasteiger partial charge on any atom is 0.222 e. The van der Waals surface area contributed by atoms with Crippen LogP contribution in [0.15, 0.2) is 36.7 Å². The highest BCUT2D eigenvalue weighted by Crippen LogP contribution is 2.11. The summed E-state index contributed by atoms with van der Waals surface area (Å²) in [5.41, 5.74) is 1.14. The van der Waals surface area contributed by atoms with Crippen LogP contribution in [-0.4, -0.2) is 15.5 Å². The zero-order valence-corrected chi connectivity index (χ0v) is 12.4. The molecule has 0 radical (unpaired) electrons. The minimum atomic E-state index is -0.0188. The Morgan fingerprint density at radius 2 is 2.05 bits per heavy atom. The molecule has 2 rings (SSSR count). The molecule has 0 unspecified atom stereocenters. The van der Waals surface area contributed by atoms with E-state index in [1.165, 1.54) is 0 Å². The first kappa shape index (κ1) is 14.6. The van der Waals surface area contributed by atoms with Crippen LogP contribution in [0.3, 0.4) is 0 Å². The number of benzene rings is 1. The minimum absolute atomic E-state index is 0.0188. The Hall–Kier alpha value is -1.81. The second-order valence-corrected chi connectivity index (χ2v) is 5.41. The van der Waals surface area contributed by atoms with Gasteiger partial charge in [0.15, 0.2) is 0 Å². The Balaban J connectivity index is 2.01. The highest BCUT2D eigenvalue weighted by molar-refractivity contribution is 6.30. The van der Waals surface area contributed by atoms with E-state index in [-0.39, 0.29) is 11.8 Å². The van der Waals surface area contributed by atoms with E-state index >= 15 is 0 Å². The first-order chi connectivity index (χ1) is 9.56. The summed E-state index contributed by atoms with van der Waals surface area (Å²) in [7, 11) is 0. The molecule has 106 valence electrons. The smallest absolute Gasteiger partial charge is 0.222 e. The molecule has 4 nitrogen and oxygen atoms in total. The van der Waals surface area contributed by atoms with Gasteiger partial charge in [-0.05, 0) is 17.7 Å². The average molecular weight is 292 g/mol. The molecule has 0 saturated carbocycles. The number of rotatable bonds is 5. The van der Waals surface area contributed by atoms with Crippen molar-refractivity contribution in [3.05, 3.63) is 53.1 Å². The number of amides is 1. The number of carbonyl (C=O) groups is 1. The van der Waals surface area contributed by atoms with Crippen molar-refractivity contribution < 1.29 is 4.79 Å². The summed E-state index contributed by atoms with van der Waals surface area (Å²) in [6.45, 7) is 4.90. The van der Waals surface area contributed by atoms with E-state index < -0.39 is 0 Å². The van der Waals surface area contributed by atoms with Gasteiger partial charge in [0.2, 0.25) is 5.91 Å². The third kappa shape index (κ3) is 3.84. The van der Waals surface area contributed by atoms with Crippen LogP contribution in [0.1, 0.15) is 25.2 Å². The molecule has 0 saturated heterocycles. The van der Waals surface area contributed by atoms with Crippen LogP contribution in [0.2, 0.25) is 5.02 Å². The lowest BCUT2D eigenvalue weighted by Crippen LogP contribution is -2.28. The van der Waals surface area contributed by atoms with Gasteiger partial charge in [0.25, 0.3) is 0 Å². The summed E-state index contributed by atoms with van der Waals surface area (Å²) in [6, 6.07) is 7.71. The Morgan fingerprint density at radius 1 is 1.35 bits per heavy atom. The number of nitrogens with zero attached hydrogens (tertiary/aromatic N) is 2. The molecule has 0 aliphatic rings. The molecule has 0 atom stereocenters. The van der Waals surface area contributed by atoms with Gasteiger partial charge in [-0.15, -0.1) is 0 Å². The van der Waals surface area contributed by atoms with Crippen molar-refractivity contribution in [1.29, 1.82) is 0 Å². The number of carbonyl (C=O) groups excluding carboxylic acids is 1. The van der Waals surface area contributed by atoms with Crippen molar-refractivity contribution in [2.45, 2.75) is 26.9 Å². The van der Waals surface area contributed by atoms with Crippen molar-refractivity contribution in [2.24, 2.45) is 5.92 Å². The summed E-state index contributed by atoms with van der Waals surface area (Å²) in [4.78, 5) is 15.9. The van der Waals surface area contributed by atoms with Gasteiger partial charge in [0.05, 0.1) is 6.54 Å². The standard InChI is InChI=1S/C15H18ClN3O/c1-11(2)15(20)18-9-14-17-7-8-19(14)10-12-3-5-13(16)6-4-12/h3-8,11H,9-10H2,1-2H3,(H,18,20). The number of hydrogen-bond donors (Lipinski definition) is 1. The summed E-state index contributed by atoms with van der Waals surface area (Å²) in [5.74, 6) is 0.856. The SMILES string of the molecule is CC(C)C(=O)NCc1nccn1Cc1ccc(Cl)cc1. The van der Waals surface area contributed by atoms with Gasteiger partial charge in [-0.2, -0.15) is 0 Å². The molecule has 1 amide bonds. The van der Waals surface area contributed by atoms with Gasteiger partial charge < -0.3 is 9.88 Å². The first-order valence-electron chi connectivity index (χ1n) is 6.58. The van der Waals surface area contributed by atoms with E-state index in [4.69, 9.17) is 11.6 Å². The van der Waals surface area contributed by atoms with Gasteiger partial charge in [-0.3, -0.25) is 4.79 Å². The quantitative estimate of drug-likeness (QED) is 0.921. The van der Waals surface area contributed by atoms with Gasteiger partial charge >= 0.3 is 0 Å². The van der Waals surface area contributed by atoms with Gasteiger partial charge in [-0.25, -0.2) is 4.98 Å². The maximum absolute atomic E-state index is 11.6. The van der Waals surface area contributed by atoms with E-state index in [2.05, 4.69) is 10.3 Å². The zero-order valence-electron chi connectivity index (χ0n) is 11.6. The normalized spacial score (nSPS) is 10.8. The predicted molar refractivity (Wildman–Crippen MR) is 79.5 cm³/mol. The third-order valence-electron chi connectivity index (χ3n) is 3.01. The molecule has 5 heteroatoms. The molecule has 0 spiro atoms. The fourth-order valence-corrected chi connectivity index (χ4v) is 1.93. The van der Waals surface area contributed by atoms with Crippen molar-refractivity contribution in [3.8, 4) is 0 Å². The van der Waals surface area contributed by atoms with Crippen LogP contribution >= 0.6 is 11.6 Å². The average Bonchev–Trinajstić information content (AvgIpc) is 2.86. The monoisotopic (exact) mass is 291 g/mol. The van der Waals surface area contributed by atoms with Gasteiger partial charge in [0.1, 0.15) is 5.82 Å². The topological polar surface area (TPSA) is 46.9 Å². The predicted octanol–water partition coefficient (Wildman–Crippen LogP) is 2.86. The lowest BCUT2D eigenvalue weighted by atomic mass is 10.2. The molecule has 0 bridgehead atoms. The Kier molecular flexibility index (Phi) is 4.79. The van der Waals surface area contributed by atoms with Crippen LogP contribution in [0.25, 0.3) is 0 Å². The molecular weight excluding hydrogens is 274 g/mol. The highest BCUT2D eigenvalue weighted by atomic mass is 35.5. The summed E-state index contributed by atoms with van der Waals surface area (Å²) in [6.07, 6.45) is 3.65. The molecule has 20 heavy (non-hydrogen) atoms. The van der Waals surface area contributed by atoms with Crippen molar-refractivity contribution >= 4 is 17.5 Å². The first-order valence-corrected chi connectivity index (χ1v) is 6.96. The van der Waals surface area contributed by atoms with Crippen LogP contribution in [0.4, 0.5) is 0 Å². The number of nitrogens with one attached hydrogen (secondary N) is 1. The summed E-state index contributed by atoms with van der Waals surface area (Å²) in [5, 5.41) is 3.60. The van der Waals surface area contributed by atoms with E-state index in [9.17, 15) is 4.79 Å². The van der Waals surface area contributed by atoms with Crippen LogP contribution < -0.4 is 5.32 Å². The van der Waals surface area contributed by atoms with E-state index in [1.807, 2.05) is 48.9 Å². The number of aromatic nitrogens is 2. The number of imidazole rings is 1. The van der Waals surface area contributed by atoms with Crippen molar-refractivity contribution in [3.63, 3.8) is 0 Å². The molecule has 2 aromatic rings. The van der Waals surface area contributed by atoms with E-state index in [0.29, 0.717) is 13.1 Å². The van der Waals surface area contributed by atoms with Gasteiger partial charge in [0, 0.05) is 29.9 Å². The van der Waals surface area contributed by atoms with E-state index in [1.54, 1.807) is 6.20 Å². The van der Waals surface area contributed by atoms with Crippen molar-refractivity contribution in [2.75, 3.05) is 0 Å². The summed E-state index contributed by atoms with van der Waals surface area (Å²) < 4.78 is 2.02. The molecule has 1 N–H and O–H groups in total. The maximum atomic E-state index is 11.6.